The Kier molecular flexibility index (Phi) is 4.91. The van der Waals surface area contributed by atoms with Crippen LogP contribution in [0.4, 0.5) is 14.6 Å². The lowest BCUT2D eigenvalue weighted by Gasteiger charge is -2.31. The van der Waals surface area contributed by atoms with Crippen molar-refractivity contribution in [3.63, 3.8) is 0 Å². The fourth-order valence-corrected chi connectivity index (χ4v) is 2.79. The minimum Gasteiger partial charge on any atom is -0.364 e. The number of H-pyrrole nitrogens is 1. The summed E-state index contributed by atoms with van der Waals surface area (Å²) in [5.74, 6) is -0.887. The van der Waals surface area contributed by atoms with E-state index in [9.17, 15) is 13.6 Å². The van der Waals surface area contributed by atoms with Crippen LogP contribution in [0.25, 0.3) is 22.4 Å². The second-order valence-corrected chi connectivity index (χ2v) is 7.61. The SMILES string of the molecule is CC(=O)C[C@@H](Nc1nc(-c2c[nH]c3ncc(F)cc23)ncc1F)C(C)(C)C. The van der Waals surface area contributed by atoms with Gasteiger partial charge in [-0.1, -0.05) is 20.8 Å². The summed E-state index contributed by atoms with van der Waals surface area (Å²) in [6.45, 7) is 7.38. The molecule has 8 heteroatoms. The van der Waals surface area contributed by atoms with E-state index < -0.39 is 11.6 Å². The number of carbonyl (C=O) groups is 1. The van der Waals surface area contributed by atoms with E-state index in [1.54, 1.807) is 6.20 Å². The highest BCUT2D eigenvalue weighted by Crippen LogP contribution is 2.29. The molecule has 1 atom stereocenters. The number of hydrogen-bond acceptors (Lipinski definition) is 5. The van der Waals surface area contributed by atoms with Crippen LogP contribution < -0.4 is 5.32 Å². The van der Waals surface area contributed by atoms with E-state index in [-0.39, 0.29) is 35.3 Å². The van der Waals surface area contributed by atoms with Crippen molar-refractivity contribution in [1.82, 2.24) is 19.9 Å². The summed E-state index contributed by atoms with van der Waals surface area (Å²) < 4.78 is 27.9. The molecule has 0 saturated carbocycles. The Morgan fingerprint density at radius 2 is 2.00 bits per heavy atom. The molecule has 0 bridgehead atoms. The van der Waals surface area contributed by atoms with Crippen LogP contribution in [-0.2, 0) is 4.79 Å². The molecule has 0 fully saturated rings. The molecule has 0 aliphatic carbocycles. The van der Waals surface area contributed by atoms with E-state index in [1.807, 2.05) is 20.8 Å². The van der Waals surface area contributed by atoms with E-state index in [2.05, 4.69) is 25.3 Å². The van der Waals surface area contributed by atoms with Gasteiger partial charge in [-0.25, -0.2) is 23.7 Å². The van der Waals surface area contributed by atoms with Gasteiger partial charge >= 0.3 is 0 Å². The van der Waals surface area contributed by atoms with Crippen molar-refractivity contribution >= 4 is 22.6 Å². The highest BCUT2D eigenvalue weighted by atomic mass is 19.1. The van der Waals surface area contributed by atoms with Gasteiger partial charge in [0.1, 0.15) is 17.2 Å². The number of carbonyl (C=O) groups excluding carboxylic acids is 1. The molecule has 0 amide bonds. The molecule has 0 aliphatic heterocycles. The second kappa shape index (κ2) is 7.02. The van der Waals surface area contributed by atoms with Crippen molar-refractivity contribution in [3.8, 4) is 11.4 Å². The van der Waals surface area contributed by atoms with Gasteiger partial charge in [0.05, 0.1) is 12.4 Å². The molecule has 27 heavy (non-hydrogen) atoms. The molecule has 3 rings (SSSR count). The quantitative estimate of drug-likeness (QED) is 0.703. The molecule has 0 aromatic carbocycles. The van der Waals surface area contributed by atoms with Gasteiger partial charge in [-0.3, -0.25) is 4.79 Å². The third kappa shape index (κ3) is 4.10. The lowest BCUT2D eigenvalue weighted by atomic mass is 9.84. The molecule has 0 saturated heterocycles. The number of aromatic amines is 1. The van der Waals surface area contributed by atoms with Crippen molar-refractivity contribution in [1.29, 1.82) is 0 Å². The summed E-state index contributed by atoms with van der Waals surface area (Å²) in [5, 5.41) is 3.54. The standard InChI is InChI=1S/C19H21F2N5O/c1-10(27)5-15(19(2,3)4)25-18-14(21)9-24-17(26-18)13-8-23-16-12(13)6-11(20)7-22-16/h6-9,15H,5H2,1-4H3,(H,22,23)(H,24,25,26)/t15-/m1/s1. The van der Waals surface area contributed by atoms with E-state index in [0.29, 0.717) is 16.6 Å². The first-order valence-corrected chi connectivity index (χ1v) is 8.56. The van der Waals surface area contributed by atoms with Gasteiger partial charge in [-0.05, 0) is 18.4 Å². The largest absolute Gasteiger partial charge is 0.364 e. The second-order valence-electron chi connectivity index (χ2n) is 7.61. The number of pyridine rings is 1. The van der Waals surface area contributed by atoms with Crippen molar-refractivity contribution < 1.29 is 13.6 Å². The zero-order valence-corrected chi connectivity index (χ0v) is 15.6. The Morgan fingerprint density at radius 3 is 2.67 bits per heavy atom. The van der Waals surface area contributed by atoms with Crippen LogP contribution in [0.1, 0.15) is 34.1 Å². The van der Waals surface area contributed by atoms with Crippen LogP contribution in [0.5, 0.6) is 0 Å². The number of nitrogens with zero attached hydrogens (tertiary/aromatic N) is 3. The van der Waals surface area contributed by atoms with Gasteiger partial charge in [0.15, 0.2) is 17.5 Å². The fraction of sp³-hybridized carbons (Fsp3) is 0.368. The molecule has 0 radical (unpaired) electrons. The Bertz CT molecular complexity index is 993. The number of rotatable bonds is 5. The monoisotopic (exact) mass is 373 g/mol. The molecule has 0 aliphatic rings. The molecule has 2 N–H and O–H groups in total. The molecule has 142 valence electrons. The Morgan fingerprint density at radius 1 is 1.26 bits per heavy atom. The van der Waals surface area contributed by atoms with Crippen molar-refractivity contribution in [2.75, 3.05) is 5.32 Å². The number of halogens is 2. The maximum Gasteiger partial charge on any atom is 0.183 e. The summed E-state index contributed by atoms with van der Waals surface area (Å²) in [7, 11) is 0. The number of hydrogen-bond donors (Lipinski definition) is 2. The molecule has 3 heterocycles. The molecule has 6 nitrogen and oxygen atoms in total. The Labute approximate surface area is 155 Å². The smallest absolute Gasteiger partial charge is 0.183 e. The third-order valence-corrected chi connectivity index (χ3v) is 4.33. The first kappa shape index (κ1) is 18.9. The van der Waals surface area contributed by atoms with Crippen LogP contribution in [0.3, 0.4) is 0 Å². The minimum absolute atomic E-state index is 0.000104. The number of ketones is 1. The van der Waals surface area contributed by atoms with Crippen LogP contribution in [0.15, 0.2) is 24.7 Å². The van der Waals surface area contributed by atoms with Gasteiger partial charge in [-0.15, -0.1) is 0 Å². The van der Waals surface area contributed by atoms with Gasteiger partial charge < -0.3 is 10.3 Å². The summed E-state index contributed by atoms with van der Waals surface area (Å²) in [4.78, 5) is 26.8. The zero-order chi connectivity index (χ0) is 19.8. The predicted molar refractivity (Wildman–Crippen MR) is 99.2 cm³/mol. The van der Waals surface area contributed by atoms with E-state index in [4.69, 9.17) is 0 Å². The number of aromatic nitrogens is 4. The minimum atomic E-state index is -0.624. The average molecular weight is 373 g/mol. The normalized spacial score (nSPS) is 13.0. The number of Topliss-reactive ketones (excluding diaryl/α,β-unsaturated/α-hetero) is 1. The predicted octanol–water partition coefficient (Wildman–Crippen LogP) is 4.10. The molecule has 0 unspecified atom stereocenters. The van der Waals surface area contributed by atoms with Crippen LogP contribution >= 0.6 is 0 Å². The topological polar surface area (TPSA) is 83.6 Å². The summed E-state index contributed by atoms with van der Waals surface area (Å²) in [6.07, 6.45) is 4.01. The fourth-order valence-electron chi connectivity index (χ4n) is 2.79. The maximum absolute atomic E-state index is 14.3. The molecular weight excluding hydrogens is 352 g/mol. The summed E-state index contributed by atoms with van der Waals surface area (Å²) in [6, 6.07) is 1.01. The lowest BCUT2D eigenvalue weighted by molar-refractivity contribution is -0.117. The van der Waals surface area contributed by atoms with Crippen molar-refractivity contribution in [3.05, 3.63) is 36.3 Å². The average Bonchev–Trinajstić information content (AvgIpc) is 2.98. The number of nitrogens with one attached hydrogen (secondary N) is 2. The zero-order valence-electron chi connectivity index (χ0n) is 15.6. The van der Waals surface area contributed by atoms with E-state index >= 15 is 0 Å². The highest BCUT2D eigenvalue weighted by molar-refractivity contribution is 5.91. The highest BCUT2D eigenvalue weighted by Gasteiger charge is 2.27. The van der Waals surface area contributed by atoms with Crippen LogP contribution in [0.2, 0.25) is 0 Å². The van der Waals surface area contributed by atoms with Gasteiger partial charge in [0, 0.05) is 29.6 Å². The first-order chi connectivity index (χ1) is 12.6. The van der Waals surface area contributed by atoms with E-state index in [1.165, 1.54) is 13.0 Å². The maximum atomic E-state index is 14.3. The molecule has 3 aromatic rings. The van der Waals surface area contributed by atoms with Crippen LogP contribution in [0, 0.1) is 17.0 Å². The van der Waals surface area contributed by atoms with Gasteiger partial charge in [0.25, 0.3) is 0 Å². The molecular formula is C19H21F2N5O. The lowest BCUT2D eigenvalue weighted by Crippen LogP contribution is -2.36. The molecule has 3 aromatic heterocycles. The van der Waals surface area contributed by atoms with Crippen molar-refractivity contribution in [2.45, 2.75) is 40.2 Å². The van der Waals surface area contributed by atoms with Crippen molar-refractivity contribution in [2.24, 2.45) is 5.41 Å². The first-order valence-electron chi connectivity index (χ1n) is 8.56. The Balaban J connectivity index is 2.01. The Hall–Kier alpha value is -2.90. The summed E-state index contributed by atoms with van der Waals surface area (Å²) >= 11 is 0. The number of fused-ring (bicyclic) bond motifs is 1. The summed E-state index contributed by atoms with van der Waals surface area (Å²) in [5.41, 5.74) is 0.703. The van der Waals surface area contributed by atoms with E-state index in [0.717, 1.165) is 12.4 Å². The third-order valence-electron chi connectivity index (χ3n) is 4.33. The van der Waals surface area contributed by atoms with Crippen LogP contribution in [-0.4, -0.2) is 31.8 Å². The molecule has 0 spiro atoms. The van der Waals surface area contributed by atoms with Gasteiger partial charge in [0.2, 0.25) is 0 Å². The number of anilines is 1. The van der Waals surface area contributed by atoms with Gasteiger partial charge in [-0.2, -0.15) is 0 Å².